The molecule has 0 unspecified atom stereocenters. The molecule has 2 N–H and O–H groups in total. The first kappa shape index (κ1) is 14.9. The molecule has 1 aliphatic rings. The third-order valence-corrected chi connectivity index (χ3v) is 4.28. The first-order valence-electron chi connectivity index (χ1n) is 6.72. The zero-order valence-electron chi connectivity index (χ0n) is 11.4. The molecule has 1 aliphatic carbocycles. The molecule has 0 spiro atoms. The molecule has 108 valence electrons. The summed E-state index contributed by atoms with van der Waals surface area (Å²) < 4.78 is 0. The van der Waals surface area contributed by atoms with Gasteiger partial charge in [0.05, 0.1) is 16.0 Å². The summed E-state index contributed by atoms with van der Waals surface area (Å²) in [4.78, 5) is 23.5. The predicted molar refractivity (Wildman–Crippen MR) is 77.1 cm³/mol. The highest BCUT2D eigenvalue weighted by atomic mass is 35.5. The van der Waals surface area contributed by atoms with Crippen molar-refractivity contribution in [2.45, 2.75) is 32.6 Å². The van der Waals surface area contributed by atoms with Gasteiger partial charge in [-0.25, -0.2) is 0 Å². The van der Waals surface area contributed by atoms with Gasteiger partial charge in [-0.05, 0) is 37.5 Å². The lowest BCUT2D eigenvalue weighted by atomic mass is 9.86. The fraction of sp³-hybridized carbons (Fsp3) is 0.467. The highest BCUT2D eigenvalue weighted by molar-refractivity contribution is 6.33. The molecule has 0 radical (unpaired) electrons. The zero-order chi connectivity index (χ0) is 14.8. The van der Waals surface area contributed by atoms with Crippen LogP contribution in [-0.2, 0) is 4.79 Å². The number of aryl methyl sites for hydroxylation is 1. The second-order valence-corrected chi connectivity index (χ2v) is 5.87. The number of rotatable bonds is 4. The normalized spacial score (nSPS) is 16.9. The van der Waals surface area contributed by atoms with Gasteiger partial charge in [-0.2, -0.15) is 0 Å². The Hall–Kier alpha value is -1.55. The van der Waals surface area contributed by atoms with Crippen LogP contribution in [0.15, 0.2) is 18.2 Å². The van der Waals surface area contributed by atoms with Crippen LogP contribution in [0.2, 0.25) is 5.02 Å². The van der Waals surface area contributed by atoms with E-state index >= 15 is 0 Å². The van der Waals surface area contributed by atoms with Crippen molar-refractivity contribution >= 4 is 23.5 Å². The van der Waals surface area contributed by atoms with Crippen molar-refractivity contribution in [3.63, 3.8) is 0 Å². The van der Waals surface area contributed by atoms with E-state index in [9.17, 15) is 14.7 Å². The van der Waals surface area contributed by atoms with Crippen LogP contribution in [0, 0.1) is 12.3 Å². The molecule has 1 saturated carbocycles. The lowest BCUT2D eigenvalue weighted by Crippen LogP contribution is -2.41. The van der Waals surface area contributed by atoms with E-state index in [4.69, 9.17) is 11.6 Å². The van der Waals surface area contributed by atoms with Crippen molar-refractivity contribution in [1.82, 2.24) is 5.32 Å². The molecule has 0 atom stereocenters. The Labute approximate surface area is 123 Å². The fourth-order valence-electron chi connectivity index (χ4n) is 2.67. The van der Waals surface area contributed by atoms with Gasteiger partial charge in [0, 0.05) is 6.54 Å². The standard InChI is InChI=1S/C15H18ClNO3/c1-10-4-5-11(12(16)8-10)13(18)17-9-15(14(19)20)6-2-3-7-15/h4-5,8H,2-3,6-7,9H2,1H3,(H,17,18)(H,19,20). The topological polar surface area (TPSA) is 66.4 Å². The van der Waals surface area contributed by atoms with E-state index in [2.05, 4.69) is 5.32 Å². The summed E-state index contributed by atoms with van der Waals surface area (Å²) in [5, 5.41) is 12.5. The summed E-state index contributed by atoms with van der Waals surface area (Å²) >= 11 is 6.04. The smallest absolute Gasteiger partial charge is 0.311 e. The first-order chi connectivity index (χ1) is 9.44. The molecule has 4 nitrogen and oxygen atoms in total. The van der Waals surface area contributed by atoms with Crippen LogP contribution in [0.4, 0.5) is 0 Å². The number of aliphatic carboxylic acids is 1. The Balaban J connectivity index is 2.06. The van der Waals surface area contributed by atoms with Crippen LogP contribution in [0.3, 0.4) is 0 Å². The number of hydrogen-bond acceptors (Lipinski definition) is 2. The number of carboxylic acids is 1. The van der Waals surface area contributed by atoms with Crippen molar-refractivity contribution in [3.05, 3.63) is 34.3 Å². The number of benzene rings is 1. The number of carboxylic acid groups (broad SMARTS) is 1. The predicted octanol–water partition coefficient (Wildman–Crippen LogP) is 3.02. The number of halogens is 1. The Morgan fingerprint density at radius 2 is 2.00 bits per heavy atom. The quantitative estimate of drug-likeness (QED) is 0.897. The van der Waals surface area contributed by atoms with Gasteiger partial charge in [-0.1, -0.05) is 30.5 Å². The van der Waals surface area contributed by atoms with E-state index in [1.165, 1.54) is 0 Å². The highest BCUT2D eigenvalue weighted by Gasteiger charge is 2.41. The van der Waals surface area contributed by atoms with Crippen molar-refractivity contribution in [3.8, 4) is 0 Å². The maximum absolute atomic E-state index is 12.1. The van der Waals surface area contributed by atoms with Gasteiger partial charge in [0.15, 0.2) is 0 Å². The van der Waals surface area contributed by atoms with Crippen LogP contribution in [-0.4, -0.2) is 23.5 Å². The molecular weight excluding hydrogens is 278 g/mol. The number of nitrogens with one attached hydrogen (secondary N) is 1. The minimum Gasteiger partial charge on any atom is -0.481 e. The molecule has 0 bridgehead atoms. The number of carbonyl (C=O) groups is 2. The zero-order valence-corrected chi connectivity index (χ0v) is 12.2. The Morgan fingerprint density at radius 3 is 2.55 bits per heavy atom. The first-order valence-corrected chi connectivity index (χ1v) is 7.10. The summed E-state index contributed by atoms with van der Waals surface area (Å²) in [6.45, 7) is 2.05. The third kappa shape index (κ3) is 2.96. The minimum atomic E-state index is -0.828. The number of carbonyl (C=O) groups excluding carboxylic acids is 1. The maximum atomic E-state index is 12.1. The maximum Gasteiger partial charge on any atom is 0.311 e. The van der Waals surface area contributed by atoms with Gasteiger partial charge in [0.25, 0.3) is 5.91 Å². The lowest BCUT2D eigenvalue weighted by molar-refractivity contribution is -0.148. The van der Waals surface area contributed by atoms with Gasteiger partial charge in [0.1, 0.15) is 0 Å². The van der Waals surface area contributed by atoms with E-state index in [-0.39, 0.29) is 12.5 Å². The average molecular weight is 296 g/mol. The summed E-state index contributed by atoms with van der Waals surface area (Å²) in [7, 11) is 0. The van der Waals surface area contributed by atoms with Gasteiger partial charge in [0.2, 0.25) is 0 Å². The average Bonchev–Trinajstić information content (AvgIpc) is 2.86. The molecule has 0 aliphatic heterocycles. The molecule has 1 fully saturated rings. The van der Waals surface area contributed by atoms with Gasteiger partial charge in [-0.15, -0.1) is 0 Å². The Bertz CT molecular complexity index is 536. The van der Waals surface area contributed by atoms with Crippen molar-refractivity contribution < 1.29 is 14.7 Å². The van der Waals surface area contributed by atoms with Crippen LogP contribution >= 0.6 is 11.6 Å². The molecule has 1 aromatic rings. The fourth-order valence-corrected chi connectivity index (χ4v) is 2.99. The lowest BCUT2D eigenvalue weighted by Gasteiger charge is -2.24. The Kier molecular flexibility index (Phi) is 4.33. The molecule has 2 rings (SSSR count). The van der Waals surface area contributed by atoms with E-state index in [1.807, 2.05) is 13.0 Å². The van der Waals surface area contributed by atoms with Crippen molar-refractivity contribution in [2.24, 2.45) is 5.41 Å². The minimum absolute atomic E-state index is 0.158. The van der Waals surface area contributed by atoms with Crippen molar-refractivity contribution in [1.29, 1.82) is 0 Å². The van der Waals surface area contributed by atoms with Gasteiger partial charge < -0.3 is 10.4 Å². The summed E-state index contributed by atoms with van der Waals surface area (Å²) in [6, 6.07) is 5.19. The van der Waals surface area contributed by atoms with E-state index in [0.717, 1.165) is 18.4 Å². The molecule has 1 amide bonds. The van der Waals surface area contributed by atoms with Crippen LogP contribution < -0.4 is 5.32 Å². The summed E-state index contributed by atoms with van der Waals surface area (Å²) in [5.74, 6) is -1.15. The number of hydrogen-bond donors (Lipinski definition) is 2. The second kappa shape index (κ2) is 5.83. The molecule has 0 heterocycles. The molecule has 0 aromatic heterocycles. The van der Waals surface area contributed by atoms with Crippen LogP contribution in [0.25, 0.3) is 0 Å². The molecular formula is C15H18ClNO3. The molecule has 5 heteroatoms. The van der Waals surface area contributed by atoms with E-state index in [0.29, 0.717) is 23.4 Å². The third-order valence-electron chi connectivity index (χ3n) is 3.97. The highest BCUT2D eigenvalue weighted by Crippen LogP contribution is 2.37. The van der Waals surface area contributed by atoms with E-state index in [1.54, 1.807) is 12.1 Å². The largest absolute Gasteiger partial charge is 0.481 e. The van der Waals surface area contributed by atoms with Crippen LogP contribution in [0.1, 0.15) is 41.6 Å². The molecule has 20 heavy (non-hydrogen) atoms. The van der Waals surface area contributed by atoms with E-state index < -0.39 is 11.4 Å². The summed E-state index contributed by atoms with van der Waals surface area (Å²) in [6.07, 6.45) is 3.02. The Morgan fingerprint density at radius 1 is 1.35 bits per heavy atom. The second-order valence-electron chi connectivity index (χ2n) is 5.46. The van der Waals surface area contributed by atoms with Gasteiger partial charge >= 0.3 is 5.97 Å². The summed E-state index contributed by atoms with van der Waals surface area (Å²) in [5.41, 5.74) is 0.549. The SMILES string of the molecule is Cc1ccc(C(=O)NCC2(C(=O)O)CCCC2)c(Cl)c1. The van der Waals surface area contributed by atoms with Crippen LogP contribution in [0.5, 0.6) is 0 Å². The van der Waals surface area contributed by atoms with Gasteiger partial charge in [-0.3, -0.25) is 9.59 Å². The molecule has 0 saturated heterocycles. The molecule has 1 aromatic carbocycles. The monoisotopic (exact) mass is 295 g/mol. The van der Waals surface area contributed by atoms with Crippen molar-refractivity contribution in [2.75, 3.05) is 6.54 Å². The number of amides is 1.